The van der Waals surface area contributed by atoms with Crippen LogP contribution in [0.5, 0.6) is 0 Å². The van der Waals surface area contributed by atoms with E-state index in [1.165, 1.54) is 4.57 Å². The molecule has 0 fully saturated rings. The van der Waals surface area contributed by atoms with Crippen LogP contribution in [0, 0.1) is 0 Å². The molecule has 0 unspecified atom stereocenters. The third kappa shape index (κ3) is 4.12. The van der Waals surface area contributed by atoms with Crippen LogP contribution in [0.25, 0.3) is 93.6 Å². The van der Waals surface area contributed by atoms with E-state index in [9.17, 15) is 0 Å². The summed E-state index contributed by atoms with van der Waals surface area (Å²) >= 11 is 0. The van der Waals surface area contributed by atoms with Crippen molar-refractivity contribution in [2.75, 3.05) is 0 Å². The SMILES string of the molecule is [2H]c1c([2H])c([2H])c(-c2cccc(-n3c4ccccc4c4cc(-n5c6ccccc6c6cc(-n7c8c([2H])c([2H])c([2H])c([2H])c8c8c([2H])c([2H])c([2H])c([2H])c87)ccc65)ccc43)c2)c([2H])c1[2H]. The summed E-state index contributed by atoms with van der Waals surface area (Å²) in [5.74, 6) is 0. The molecule has 0 N–H and O–H groups in total. The molecule has 0 aliphatic heterocycles. The van der Waals surface area contributed by atoms with Gasteiger partial charge in [-0.15, -0.1) is 0 Å². The molecule has 0 atom stereocenters. The third-order valence-corrected chi connectivity index (χ3v) is 9.75. The Balaban J connectivity index is 1.14. The van der Waals surface area contributed by atoms with Crippen molar-refractivity contribution in [2.24, 2.45) is 0 Å². The molecule has 0 saturated heterocycles. The minimum absolute atomic E-state index is 0.0174. The lowest BCUT2D eigenvalue weighted by Gasteiger charge is -2.12. The van der Waals surface area contributed by atoms with Crippen LogP contribution in [0.2, 0.25) is 0 Å². The fraction of sp³-hybridized carbons (Fsp3) is 0. The molecule has 0 bridgehead atoms. The summed E-state index contributed by atoms with van der Waals surface area (Å²) in [6.07, 6.45) is 0. The highest BCUT2D eigenvalue weighted by molar-refractivity contribution is 6.14. The van der Waals surface area contributed by atoms with E-state index >= 15 is 0 Å². The molecule has 8 aromatic carbocycles. The fourth-order valence-electron chi connectivity index (χ4n) is 7.63. The standard InChI is InChI=1S/C48H31N3/c1-2-13-32(14-3-1)33-15-12-16-34(29-33)49-45-23-10-6-19-39(45)41-31-36(26-27-47(41)49)51-46-24-11-7-20-40(46)42-30-35(25-28-48(42)51)50-43-21-8-4-17-37(43)38-18-5-9-22-44(38)50/h1-31H/i1D,2D,3D,4D,5D,8D,9D,13D,14D,17D,18D,21D,22D. The maximum Gasteiger partial charge on any atom is 0.0645 e. The molecule has 0 radical (unpaired) electrons. The molecular weight excluding hydrogens is 619 g/mol. The quantitative estimate of drug-likeness (QED) is 0.178. The van der Waals surface area contributed by atoms with Crippen LogP contribution in [0.1, 0.15) is 17.8 Å². The Hall–Kier alpha value is -6.84. The number of hydrogen-bond acceptors (Lipinski definition) is 0. The average Bonchev–Trinajstić information content (AvgIpc) is 3.96. The lowest BCUT2D eigenvalue weighted by atomic mass is 10.1. The van der Waals surface area contributed by atoms with Crippen molar-refractivity contribution in [2.45, 2.75) is 0 Å². The Kier molecular flexibility index (Phi) is 3.87. The number of para-hydroxylation sites is 4. The fourth-order valence-corrected chi connectivity index (χ4v) is 7.63. The van der Waals surface area contributed by atoms with Gasteiger partial charge < -0.3 is 13.7 Å². The predicted molar refractivity (Wildman–Crippen MR) is 215 cm³/mol. The minimum Gasteiger partial charge on any atom is -0.309 e. The third-order valence-electron chi connectivity index (χ3n) is 9.75. The van der Waals surface area contributed by atoms with E-state index in [-0.39, 0.29) is 63.6 Å². The minimum atomic E-state index is -0.496. The topological polar surface area (TPSA) is 14.8 Å². The number of aromatic nitrogens is 3. The second kappa shape index (κ2) is 10.8. The normalized spacial score (nSPS) is 15.5. The average molecular weight is 663 g/mol. The Morgan fingerprint density at radius 3 is 1.35 bits per heavy atom. The van der Waals surface area contributed by atoms with Gasteiger partial charge >= 0.3 is 0 Å². The summed E-state index contributed by atoms with van der Waals surface area (Å²) in [4.78, 5) is 0. The first-order valence-corrected chi connectivity index (χ1v) is 16.5. The molecule has 0 amide bonds. The van der Waals surface area contributed by atoms with Gasteiger partial charge in [0.15, 0.2) is 0 Å². The molecular formula is C48H31N3. The van der Waals surface area contributed by atoms with Gasteiger partial charge in [-0.2, -0.15) is 0 Å². The molecule has 51 heavy (non-hydrogen) atoms. The van der Waals surface area contributed by atoms with Crippen LogP contribution in [-0.2, 0) is 0 Å². The van der Waals surface area contributed by atoms with Crippen LogP contribution < -0.4 is 0 Å². The Morgan fingerprint density at radius 1 is 0.294 bits per heavy atom. The zero-order valence-electron chi connectivity index (χ0n) is 39.7. The zero-order chi connectivity index (χ0) is 44.8. The van der Waals surface area contributed by atoms with Gasteiger partial charge in [0.2, 0.25) is 0 Å². The van der Waals surface area contributed by atoms with Gasteiger partial charge in [0.05, 0.1) is 50.9 Å². The molecule has 3 aromatic heterocycles. The molecule has 0 saturated carbocycles. The number of nitrogens with zero attached hydrogens (tertiary/aromatic N) is 3. The van der Waals surface area contributed by atoms with Crippen LogP contribution in [0.15, 0.2) is 188 Å². The first-order chi connectivity index (χ1) is 30.7. The Bertz CT molecular complexity index is 3790. The molecule has 3 heterocycles. The van der Waals surface area contributed by atoms with Crippen molar-refractivity contribution >= 4 is 65.4 Å². The second-order valence-electron chi connectivity index (χ2n) is 12.4. The molecule has 0 spiro atoms. The van der Waals surface area contributed by atoms with Gasteiger partial charge in [-0.1, -0.05) is 115 Å². The van der Waals surface area contributed by atoms with Crippen molar-refractivity contribution in [1.82, 2.24) is 13.7 Å². The summed E-state index contributed by atoms with van der Waals surface area (Å²) in [6, 6.07) is 29.8. The molecule has 3 nitrogen and oxygen atoms in total. The van der Waals surface area contributed by atoms with Crippen molar-refractivity contribution in [3.05, 3.63) is 188 Å². The zero-order valence-corrected chi connectivity index (χ0v) is 26.7. The first kappa shape index (κ1) is 18.2. The predicted octanol–water partition coefficient (Wildman–Crippen LogP) is 12.6. The first-order valence-electron chi connectivity index (χ1n) is 23.0. The molecule has 238 valence electrons. The van der Waals surface area contributed by atoms with Gasteiger partial charge in [-0.05, 0) is 83.9 Å². The van der Waals surface area contributed by atoms with Gasteiger partial charge in [0.1, 0.15) is 0 Å². The van der Waals surface area contributed by atoms with Crippen LogP contribution in [0.3, 0.4) is 0 Å². The lowest BCUT2D eigenvalue weighted by Crippen LogP contribution is -1.97. The van der Waals surface area contributed by atoms with Gasteiger partial charge in [0.25, 0.3) is 0 Å². The number of hydrogen-bond donors (Lipinski definition) is 0. The van der Waals surface area contributed by atoms with E-state index in [0.29, 0.717) is 11.3 Å². The van der Waals surface area contributed by atoms with E-state index in [2.05, 4.69) is 15.2 Å². The number of benzene rings is 8. The van der Waals surface area contributed by atoms with Crippen molar-refractivity contribution in [3.63, 3.8) is 0 Å². The van der Waals surface area contributed by atoms with Gasteiger partial charge in [0, 0.05) is 49.4 Å². The summed E-state index contributed by atoms with van der Waals surface area (Å²) in [7, 11) is 0. The van der Waals surface area contributed by atoms with Crippen LogP contribution >= 0.6 is 0 Å². The van der Waals surface area contributed by atoms with Crippen LogP contribution in [0.4, 0.5) is 0 Å². The molecule has 0 aliphatic carbocycles. The van der Waals surface area contributed by atoms with Gasteiger partial charge in [-0.25, -0.2) is 0 Å². The highest BCUT2D eigenvalue weighted by Gasteiger charge is 2.18. The molecule has 0 aliphatic rings. The second-order valence-corrected chi connectivity index (χ2v) is 12.4. The van der Waals surface area contributed by atoms with E-state index in [1.54, 1.807) is 12.1 Å². The monoisotopic (exact) mass is 662 g/mol. The summed E-state index contributed by atoms with van der Waals surface area (Å²) in [6.45, 7) is 0. The molecule has 11 rings (SSSR count). The Morgan fingerprint density at radius 2 is 0.765 bits per heavy atom. The maximum atomic E-state index is 9.01. The Labute approximate surface area is 312 Å². The number of rotatable bonds is 4. The number of fused-ring (bicyclic) bond motifs is 9. The largest absolute Gasteiger partial charge is 0.309 e. The summed E-state index contributed by atoms with van der Waals surface area (Å²) < 4.78 is 117. The van der Waals surface area contributed by atoms with Crippen LogP contribution in [-0.4, -0.2) is 13.7 Å². The van der Waals surface area contributed by atoms with Crippen molar-refractivity contribution < 1.29 is 17.8 Å². The van der Waals surface area contributed by atoms with E-state index < -0.39 is 42.3 Å². The maximum absolute atomic E-state index is 9.01. The van der Waals surface area contributed by atoms with E-state index in [0.717, 1.165) is 55.0 Å². The summed E-state index contributed by atoms with van der Waals surface area (Å²) in [5.41, 5.74) is 6.26. The molecule has 11 aromatic rings. The summed E-state index contributed by atoms with van der Waals surface area (Å²) in [5, 5.41) is 3.63. The van der Waals surface area contributed by atoms with Crippen molar-refractivity contribution in [3.8, 4) is 28.2 Å². The van der Waals surface area contributed by atoms with E-state index in [1.807, 2.05) is 91.0 Å². The van der Waals surface area contributed by atoms with E-state index in [4.69, 9.17) is 17.8 Å². The van der Waals surface area contributed by atoms with Crippen molar-refractivity contribution in [1.29, 1.82) is 0 Å². The highest BCUT2D eigenvalue weighted by atomic mass is 15.0. The lowest BCUT2D eigenvalue weighted by molar-refractivity contribution is 1.16. The van der Waals surface area contributed by atoms with Gasteiger partial charge in [-0.3, -0.25) is 0 Å². The molecule has 3 heteroatoms. The smallest absolute Gasteiger partial charge is 0.0645 e. The highest BCUT2D eigenvalue weighted by Crippen LogP contribution is 2.39.